The SMILES string of the molecule is CCOc1cc(C(C(=O)N(C)C)N2CCNCC2)ccc1O. The number of carbonyl (C=O) groups is 1. The molecular weight excluding hydrogens is 282 g/mol. The minimum atomic E-state index is -0.350. The number of aromatic hydroxyl groups is 1. The van der Waals surface area contributed by atoms with Gasteiger partial charge in [-0.1, -0.05) is 6.07 Å². The highest BCUT2D eigenvalue weighted by atomic mass is 16.5. The van der Waals surface area contributed by atoms with Gasteiger partial charge in [-0.15, -0.1) is 0 Å². The molecule has 0 spiro atoms. The fourth-order valence-electron chi connectivity index (χ4n) is 2.67. The van der Waals surface area contributed by atoms with Crippen molar-refractivity contribution in [2.75, 3.05) is 46.9 Å². The Kier molecular flexibility index (Phi) is 5.63. The lowest BCUT2D eigenvalue weighted by atomic mass is 10.0. The van der Waals surface area contributed by atoms with Gasteiger partial charge in [0.05, 0.1) is 6.61 Å². The molecule has 0 bridgehead atoms. The molecule has 6 nitrogen and oxygen atoms in total. The Bertz CT molecular complexity index is 513. The number of nitrogens with zero attached hydrogens (tertiary/aromatic N) is 2. The van der Waals surface area contributed by atoms with Crippen LogP contribution in [0.2, 0.25) is 0 Å². The first-order valence-electron chi connectivity index (χ1n) is 7.66. The van der Waals surface area contributed by atoms with Gasteiger partial charge in [0.1, 0.15) is 6.04 Å². The molecule has 0 aliphatic carbocycles. The topological polar surface area (TPSA) is 65.0 Å². The van der Waals surface area contributed by atoms with E-state index in [-0.39, 0.29) is 17.7 Å². The lowest BCUT2D eigenvalue weighted by molar-refractivity contribution is -0.135. The fourth-order valence-corrected chi connectivity index (χ4v) is 2.67. The highest BCUT2D eigenvalue weighted by molar-refractivity contribution is 5.83. The Balaban J connectivity index is 2.35. The van der Waals surface area contributed by atoms with Crippen LogP contribution in [0.25, 0.3) is 0 Å². The van der Waals surface area contributed by atoms with Crippen molar-refractivity contribution in [1.82, 2.24) is 15.1 Å². The van der Waals surface area contributed by atoms with E-state index in [0.717, 1.165) is 31.7 Å². The number of rotatable bonds is 5. The van der Waals surface area contributed by atoms with Gasteiger partial charge >= 0.3 is 0 Å². The van der Waals surface area contributed by atoms with Crippen molar-refractivity contribution in [3.8, 4) is 11.5 Å². The number of amides is 1. The summed E-state index contributed by atoms with van der Waals surface area (Å²) in [6.45, 7) is 5.70. The zero-order valence-corrected chi connectivity index (χ0v) is 13.5. The average Bonchev–Trinajstić information content (AvgIpc) is 2.51. The Morgan fingerprint density at radius 3 is 2.68 bits per heavy atom. The highest BCUT2D eigenvalue weighted by Gasteiger charge is 2.30. The van der Waals surface area contributed by atoms with E-state index < -0.39 is 0 Å². The molecule has 0 aromatic heterocycles. The van der Waals surface area contributed by atoms with E-state index >= 15 is 0 Å². The summed E-state index contributed by atoms with van der Waals surface area (Å²) in [5, 5.41) is 13.2. The standard InChI is InChI=1S/C16H25N3O3/c1-4-22-14-11-12(5-6-13(14)20)15(16(21)18(2)3)19-9-7-17-8-10-19/h5-6,11,15,17,20H,4,7-10H2,1-3H3. The van der Waals surface area contributed by atoms with E-state index in [1.165, 1.54) is 0 Å². The predicted molar refractivity (Wildman–Crippen MR) is 85.2 cm³/mol. The van der Waals surface area contributed by atoms with Gasteiger partial charge in [0.25, 0.3) is 0 Å². The van der Waals surface area contributed by atoms with E-state index in [1.807, 2.05) is 6.92 Å². The molecule has 1 aliphatic rings. The number of ether oxygens (including phenoxy) is 1. The van der Waals surface area contributed by atoms with Crippen LogP contribution in [0.3, 0.4) is 0 Å². The van der Waals surface area contributed by atoms with Crippen LogP contribution >= 0.6 is 0 Å². The van der Waals surface area contributed by atoms with E-state index in [9.17, 15) is 9.90 Å². The molecule has 6 heteroatoms. The number of hydrogen-bond donors (Lipinski definition) is 2. The minimum Gasteiger partial charge on any atom is -0.504 e. The van der Waals surface area contributed by atoms with Gasteiger partial charge in [-0.3, -0.25) is 9.69 Å². The first-order chi connectivity index (χ1) is 10.5. The first kappa shape index (κ1) is 16.6. The summed E-state index contributed by atoms with van der Waals surface area (Å²) in [6.07, 6.45) is 0. The molecule has 1 atom stereocenters. The van der Waals surface area contributed by atoms with Gasteiger partial charge in [-0.05, 0) is 24.6 Å². The second-order valence-corrected chi connectivity index (χ2v) is 5.58. The van der Waals surface area contributed by atoms with Crippen LogP contribution in [-0.4, -0.2) is 67.7 Å². The van der Waals surface area contributed by atoms with Gasteiger partial charge < -0.3 is 20.1 Å². The number of phenols is 1. The molecule has 2 rings (SSSR count). The van der Waals surface area contributed by atoms with Gasteiger partial charge in [-0.2, -0.15) is 0 Å². The zero-order valence-electron chi connectivity index (χ0n) is 13.5. The minimum absolute atomic E-state index is 0.0371. The maximum Gasteiger partial charge on any atom is 0.244 e. The normalized spacial score (nSPS) is 17.0. The van der Waals surface area contributed by atoms with Crippen LogP contribution in [0.15, 0.2) is 18.2 Å². The summed E-state index contributed by atoms with van der Waals surface area (Å²) < 4.78 is 5.45. The predicted octanol–water partition coefficient (Wildman–Crippen LogP) is 0.825. The zero-order chi connectivity index (χ0) is 16.1. The summed E-state index contributed by atoms with van der Waals surface area (Å²) in [5.41, 5.74) is 0.849. The molecule has 0 saturated carbocycles. The molecule has 1 amide bonds. The number of nitrogens with one attached hydrogen (secondary N) is 1. The molecule has 1 unspecified atom stereocenters. The van der Waals surface area contributed by atoms with Crippen LogP contribution in [0, 0.1) is 0 Å². The van der Waals surface area contributed by atoms with Crippen LogP contribution in [-0.2, 0) is 4.79 Å². The van der Waals surface area contributed by atoms with Crippen LogP contribution < -0.4 is 10.1 Å². The second kappa shape index (κ2) is 7.47. The Hall–Kier alpha value is -1.79. The Morgan fingerprint density at radius 1 is 1.41 bits per heavy atom. The van der Waals surface area contributed by atoms with Crippen molar-refractivity contribution in [2.45, 2.75) is 13.0 Å². The lowest BCUT2D eigenvalue weighted by Crippen LogP contribution is -2.49. The molecule has 1 aromatic carbocycles. The number of benzene rings is 1. The van der Waals surface area contributed by atoms with Crippen LogP contribution in [0.4, 0.5) is 0 Å². The highest BCUT2D eigenvalue weighted by Crippen LogP contribution is 2.32. The molecule has 1 saturated heterocycles. The molecular formula is C16H25N3O3. The fraction of sp³-hybridized carbons (Fsp3) is 0.562. The summed E-state index contributed by atoms with van der Waals surface area (Å²) in [5.74, 6) is 0.559. The van der Waals surface area contributed by atoms with Crippen LogP contribution in [0.5, 0.6) is 11.5 Å². The van der Waals surface area contributed by atoms with Crippen LogP contribution in [0.1, 0.15) is 18.5 Å². The van der Waals surface area contributed by atoms with E-state index in [2.05, 4.69) is 10.2 Å². The lowest BCUT2D eigenvalue weighted by Gasteiger charge is -2.35. The van der Waals surface area contributed by atoms with E-state index in [4.69, 9.17) is 4.74 Å². The summed E-state index contributed by atoms with van der Waals surface area (Å²) >= 11 is 0. The number of carbonyl (C=O) groups excluding carboxylic acids is 1. The quantitative estimate of drug-likeness (QED) is 0.843. The van der Waals surface area contributed by atoms with Crippen molar-refractivity contribution in [2.24, 2.45) is 0 Å². The molecule has 22 heavy (non-hydrogen) atoms. The molecule has 2 N–H and O–H groups in total. The third-order valence-electron chi connectivity index (χ3n) is 3.79. The molecule has 1 aromatic rings. The average molecular weight is 307 g/mol. The van der Waals surface area contributed by atoms with E-state index in [0.29, 0.717) is 12.4 Å². The Morgan fingerprint density at radius 2 is 2.09 bits per heavy atom. The van der Waals surface area contributed by atoms with E-state index in [1.54, 1.807) is 37.2 Å². The van der Waals surface area contributed by atoms with Crippen molar-refractivity contribution in [3.63, 3.8) is 0 Å². The third-order valence-corrected chi connectivity index (χ3v) is 3.79. The Labute approximate surface area is 131 Å². The largest absolute Gasteiger partial charge is 0.504 e. The number of hydrogen-bond acceptors (Lipinski definition) is 5. The monoisotopic (exact) mass is 307 g/mol. The van der Waals surface area contributed by atoms with Crippen molar-refractivity contribution < 1.29 is 14.6 Å². The van der Waals surface area contributed by atoms with Crippen molar-refractivity contribution in [3.05, 3.63) is 23.8 Å². The molecule has 1 heterocycles. The molecule has 1 aliphatic heterocycles. The summed E-state index contributed by atoms with van der Waals surface area (Å²) in [6, 6.07) is 4.81. The van der Waals surface area contributed by atoms with Gasteiger partial charge in [-0.25, -0.2) is 0 Å². The number of piperazine rings is 1. The summed E-state index contributed by atoms with van der Waals surface area (Å²) in [4.78, 5) is 16.4. The van der Waals surface area contributed by atoms with Gasteiger partial charge in [0.15, 0.2) is 11.5 Å². The maximum atomic E-state index is 12.7. The third kappa shape index (κ3) is 3.69. The molecule has 0 radical (unpaired) electrons. The molecule has 1 fully saturated rings. The molecule has 122 valence electrons. The second-order valence-electron chi connectivity index (χ2n) is 5.58. The van der Waals surface area contributed by atoms with Crippen molar-refractivity contribution >= 4 is 5.91 Å². The number of phenolic OH excluding ortho intramolecular Hbond substituents is 1. The van der Waals surface area contributed by atoms with Crippen molar-refractivity contribution in [1.29, 1.82) is 0 Å². The van der Waals surface area contributed by atoms with Gasteiger partial charge in [0, 0.05) is 40.3 Å². The number of likely N-dealkylation sites (N-methyl/N-ethyl adjacent to an activating group) is 1. The summed E-state index contributed by atoms with van der Waals surface area (Å²) in [7, 11) is 3.53. The first-order valence-corrected chi connectivity index (χ1v) is 7.66. The van der Waals surface area contributed by atoms with Gasteiger partial charge in [0.2, 0.25) is 5.91 Å². The smallest absolute Gasteiger partial charge is 0.244 e. The maximum absolute atomic E-state index is 12.7.